The number of carbonyl (C=O) groups is 2. The van der Waals surface area contributed by atoms with Crippen molar-refractivity contribution in [1.82, 2.24) is 4.98 Å². The van der Waals surface area contributed by atoms with E-state index in [1.54, 1.807) is 31.3 Å². The van der Waals surface area contributed by atoms with E-state index in [2.05, 4.69) is 4.98 Å². The third-order valence-corrected chi connectivity index (χ3v) is 6.85. The lowest BCUT2D eigenvalue weighted by Gasteiger charge is -2.25. The number of pyridine rings is 1. The molecule has 1 aliphatic heterocycles. The van der Waals surface area contributed by atoms with Crippen LogP contribution in [0.3, 0.4) is 0 Å². The minimum atomic E-state index is -0.981. The van der Waals surface area contributed by atoms with E-state index in [0.29, 0.717) is 33.7 Å². The molecule has 1 aliphatic rings. The summed E-state index contributed by atoms with van der Waals surface area (Å²) in [6.07, 6.45) is 0.306. The molecular formula is C28H29NO9. The van der Waals surface area contributed by atoms with E-state index in [-0.39, 0.29) is 42.1 Å². The van der Waals surface area contributed by atoms with Gasteiger partial charge in [-0.25, -0.2) is 0 Å². The molecule has 200 valence electrons. The summed E-state index contributed by atoms with van der Waals surface area (Å²) in [5.74, 6) is -2.69. The second kappa shape index (κ2) is 10.7. The van der Waals surface area contributed by atoms with Crippen molar-refractivity contribution in [3.05, 3.63) is 75.1 Å². The molecule has 4 N–H and O–H groups in total. The van der Waals surface area contributed by atoms with Crippen LogP contribution in [-0.4, -0.2) is 51.4 Å². The first-order chi connectivity index (χ1) is 18.1. The maximum absolute atomic E-state index is 12.6. The van der Waals surface area contributed by atoms with Crippen molar-refractivity contribution in [2.45, 2.75) is 45.5 Å². The first kappa shape index (κ1) is 26.9. The summed E-state index contributed by atoms with van der Waals surface area (Å²) in [4.78, 5) is 29.2. The van der Waals surface area contributed by atoms with E-state index >= 15 is 0 Å². The first-order valence-electron chi connectivity index (χ1n) is 11.9. The number of ether oxygens (including phenoxy) is 3. The molecule has 10 heteroatoms. The number of methoxy groups -OCH3 is 2. The van der Waals surface area contributed by atoms with Crippen LogP contribution in [0, 0.1) is 6.92 Å². The third-order valence-electron chi connectivity index (χ3n) is 6.85. The van der Waals surface area contributed by atoms with Crippen LogP contribution in [0.25, 0.3) is 0 Å². The fraction of sp³-hybridized carbons (Fsp3) is 0.321. The minimum absolute atomic E-state index is 0.0884. The zero-order valence-electron chi connectivity index (χ0n) is 21.4. The van der Waals surface area contributed by atoms with Crippen LogP contribution in [0.2, 0.25) is 0 Å². The number of fused-ring (bicyclic) bond motifs is 1. The highest BCUT2D eigenvalue weighted by molar-refractivity contribution is 5.98. The molecule has 0 radical (unpaired) electrons. The Morgan fingerprint density at radius 1 is 1.13 bits per heavy atom. The third kappa shape index (κ3) is 4.64. The Hall–Kier alpha value is -4.15. The van der Waals surface area contributed by atoms with Gasteiger partial charge >= 0.3 is 5.97 Å². The molecule has 10 nitrogen and oxygen atoms in total. The minimum Gasteiger partial charge on any atom is -0.507 e. The standard InChI is InChI=1S/C28H29NO9/c1-13-25(33)23-17(10-29-13)12-38-28(23)20-8-18(14(2)31)26(34)24(27(20)35)19(9-22(32)37-4)15-5-6-21(36-3)16(7-15)11-30/h5-8,10,19,28,30,33-35H,9,11-12H2,1-4H3/t19-,28-/m1/s1. The zero-order chi connectivity index (χ0) is 27.7. The number of aromatic nitrogens is 1. The fourth-order valence-corrected chi connectivity index (χ4v) is 4.84. The highest BCUT2D eigenvalue weighted by Gasteiger charge is 2.36. The molecule has 0 saturated carbocycles. The van der Waals surface area contributed by atoms with Crippen LogP contribution < -0.4 is 4.74 Å². The van der Waals surface area contributed by atoms with E-state index in [0.717, 1.165) is 0 Å². The summed E-state index contributed by atoms with van der Waals surface area (Å²) in [6, 6.07) is 6.15. The van der Waals surface area contributed by atoms with Gasteiger partial charge in [-0.3, -0.25) is 14.6 Å². The normalized spacial score (nSPS) is 15.1. The Kier molecular flexibility index (Phi) is 7.56. The quantitative estimate of drug-likeness (QED) is 0.254. The number of esters is 1. The van der Waals surface area contributed by atoms with E-state index in [9.17, 15) is 30.0 Å². The molecule has 0 unspecified atom stereocenters. The summed E-state index contributed by atoms with van der Waals surface area (Å²) in [5, 5.41) is 43.4. The predicted molar refractivity (Wildman–Crippen MR) is 134 cm³/mol. The highest BCUT2D eigenvalue weighted by Crippen LogP contribution is 2.50. The van der Waals surface area contributed by atoms with Crippen molar-refractivity contribution >= 4 is 11.8 Å². The summed E-state index contributed by atoms with van der Waals surface area (Å²) in [6.45, 7) is 2.64. The van der Waals surface area contributed by atoms with Crippen LogP contribution in [0.4, 0.5) is 0 Å². The lowest BCUT2D eigenvalue weighted by molar-refractivity contribution is -0.140. The molecule has 0 bridgehead atoms. The van der Waals surface area contributed by atoms with Crippen LogP contribution in [0.5, 0.6) is 23.0 Å². The maximum Gasteiger partial charge on any atom is 0.306 e. The lowest BCUT2D eigenvalue weighted by atomic mass is 9.82. The summed E-state index contributed by atoms with van der Waals surface area (Å²) in [5.41, 5.74) is 2.20. The topological polar surface area (TPSA) is 156 Å². The SMILES string of the molecule is COC(=O)C[C@H](c1ccc(OC)c(CO)c1)c1c(O)c(C(C)=O)cc([C@H]2OCc3cnc(C)c(O)c32)c1O. The summed E-state index contributed by atoms with van der Waals surface area (Å²) in [7, 11) is 2.67. The molecule has 1 aromatic heterocycles. The molecule has 0 saturated heterocycles. The van der Waals surface area contributed by atoms with Gasteiger partial charge in [-0.05, 0) is 37.6 Å². The van der Waals surface area contributed by atoms with Crippen LogP contribution >= 0.6 is 0 Å². The zero-order valence-corrected chi connectivity index (χ0v) is 21.4. The van der Waals surface area contributed by atoms with Crippen molar-refractivity contribution in [3.8, 4) is 23.0 Å². The Bertz CT molecular complexity index is 1420. The van der Waals surface area contributed by atoms with Gasteiger partial charge in [0, 0.05) is 39.9 Å². The van der Waals surface area contributed by atoms with Gasteiger partial charge in [-0.2, -0.15) is 0 Å². The molecule has 3 aromatic rings. The largest absolute Gasteiger partial charge is 0.507 e. The number of hydrogen-bond acceptors (Lipinski definition) is 10. The van der Waals surface area contributed by atoms with Crippen molar-refractivity contribution in [1.29, 1.82) is 0 Å². The van der Waals surface area contributed by atoms with Crippen LogP contribution in [0.15, 0.2) is 30.5 Å². The van der Waals surface area contributed by atoms with Gasteiger partial charge in [0.2, 0.25) is 0 Å². The average Bonchev–Trinajstić information content (AvgIpc) is 3.34. The summed E-state index contributed by atoms with van der Waals surface area (Å²) >= 11 is 0. The van der Waals surface area contributed by atoms with E-state index in [1.807, 2.05) is 0 Å². The molecule has 0 amide bonds. The molecule has 2 atom stereocenters. The number of aromatic hydroxyl groups is 3. The van der Waals surface area contributed by atoms with E-state index in [1.165, 1.54) is 27.2 Å². The van der Waals surface area contributed by atoms with Crippen LogP contribution in [-0.2, 0) is 27.5 Å². The Morgan fingerprint density at radius 2 is 1.87 bits per heavy atom. The number of aryl methyl sites for hydroxylation is 1. The number of phenols is 2. The van der Waals surface area contributed by atoms with Gasteiger partial charge in [0.25, 0.3) is 0 Å². The number of hydrogen-bond donors (Lipinski definition) is 4. The second-order valence-electron chi connectivity index (χ2n) is 9.06. The van der Waals surface area contributed by atoms with Gasteiger partial charge in [-0.1, -0.05) is 6.07 Å². The van der Waals surface area contributed by atoms with Crippen molar-refractivity contribution in [2.75, 3.05) is 14.2 Å². The first-order valence-corrected chi connectivity index (χ1v) is 11.9. The number of ketones is 1. The summed E-state index contributed by atoms with van der Waals surface area (Å²) < 4.78 is 16.1. The number of rotatable bonds is 8. The highest BCUT2D eigenvalue weighted by atomic mass is 16.5. The molecule has 2 aromatic carbocycles. The molecule has 4 rings (SSSR count). The maximum atomic E-state index is 12.6. The van der Waals surface area contributed by atoms with Gasteiger partial charge < -0.3 is 34.6 Å². The van der Waals surface area contributed by atoms with Gasteiger partial charge in [0.05, 0.1) is 45.1 Å². The number of aliphatic hydroxyl groups excluding tert-OH is 1. The lowest BCUT2D eigenvalue weighted by Crippen LogP contribution is -2.14. The number of nitrogens with zero attached hydrogens (tertiary/aromatic N) is 1. The van der Waals surface area contributed by atoms with Gasteiger partial charge in [0.1, 0.15) is 29.1 Å². The number of phenolic OH excluding ortho intramolecular Hbond substituents is 2. The predicted octanol–water partition coefficient (Wildman–Crippen LogP) is 3.52. The fourth-order valence-electron chi connectivity index (χ4n) is 4.84. The Balaban J connectivity index is 1.99. The molecule has 0 spiro atoms. The molecule has 0 fully saturated rings. The van der Waals surface area contributed by atoms with Gasteiger partial charge in [0.15, 0.2) is 5.78 Å². The second-order valence-corrected chi connectivity index (χ2v) is 9.06. The van der Waals surface area contributed by atoms with Crippen molar-refractivity contribution in [2.24, 2.45) is 0 Å². The smallest absolute Gasteiger partial charge is 0.306 e. The van der Waals surface area contributed by atoms with E-state index in [4.69, 9.17) is 14.2 Å². The van der Waals surface area contributed by atoms with Crippen molar-refractivity contribution < 1.29 is 44.2 Å². The molecule has 2 heterocycles. The molecule has 0 aliphatic carbocycles. The Labute approximate surface area is 219 Å². The monoisotopic (exact) mass is 523 g/mol. The molecular weight excluding hydrogens is 494 g/mol. The number of benzene rings is 2. The number of carbonyl (C=O) groups excluding carboxylic acids is 2. The average molecular weight is 524 g/mol. The van der Waals surface area contributed by atoms with Gasteiger partial charge in [-0.15, -0.1) is 0 Å². The number of Topliss-reactive ketones (excluding diaryl/α,β-unsaturated/α-hetero) is 1. The number of aliphatic hydroxyl groups is 1. The van der Waals surface area contributed by atoms with Crippen molar-refractivity contribution in [3.63, 3.8) is 0 Å². The van der Waals surface area contributed by atoms with Crippen LogP contribution in [0.1, 0.15) is 74.8 Å². The molecule has 38 heavy (non-hydrogen) atoms. The van der Waals surface area contributed by atoms with E-state index < -0.39 is 35.3 Å². The Morgan fingerprint density at radius 3 is 2.50 bits per heavy atom.